The normalized spacial score (nSPS) is 20.0. The van der Waals surface area contributed by atoms with Crippen molar-refractivity contribution in [1.29, 1.82) is 0 Å². The third-order valence-electron chi connectivity index (χ3n) is 12.3. The minimum atomic E-state index is -3.78. The molecule has 1 aliphatic carbocycles. The van der Waals surface area contributed by atoms with Gasteiger partial charge in [-0.05, 0) is 203 Å². The van der Waals surface area contributed by atoms with Gasteiger partial charge in [0.2, 0.25) is 4.08 Å². The fourth-order valence-electron chi connectivity index (χ4n) is 8.68. The maximum absolute atomic E-state index is 7.46. The zero-order chi connectivity index (χ0) is 72.2. The standard InChI is InChI=1S/C57H129O15S20Si5/c1-21-50-73-83-88(93(58-26-6,59-27-7)60-28-8)78-55-48-46-44-42-41-43-45-47-49-56(79-89(84-74-51-22-2)94(61-29-9,62-30-10)63-31-11,80-90(85-75-52-23-3)95(64-32-12,65-33-13)66-34-14)57(55,81-91(86-76-53-24-4)96(67-35-15,68-36-16)69-37-17)82-92(87-77-54-25-5)97(70-38-18,71-39-19)72-40-20/h55H,21-54H2,1-20H3/q+5. The van der Waals surface area contributed by atoms with E-state index >= 15 is 0 Å². The Balaban J connectivity index is 6.33. The van der Waals surface area contributed by atoms with Gasteiger partial charge in [-0.1, -0.05) is 79.6 Å². The first-order valence-electron chi connectivity index (χ1n) is 35.4. The molecule has 0 aromatic rings. The van der Waals surface area contributed by atoms with E-state index in [0.29, 0.717) is 99.1 Å². The van der Waals surface area contributed by atoms with E-state index in [-0.39, 0.29) is 5.25 Å². The van der Waals surface area contributed by atoms with Gasteiger partial charge in [0.05, 0.1) is 5.25 Å². The Morgan fingerprint density at radius 3 is 0.711 bits per heavy atom. The van der Waals surface area contributed by atoms with Crippen LogP contribution in [-0.2, 0) is 108 Å². The molecule has 97 heavy (non-hydrogen) atoms. The summed E-state index contributed by atoms with van der Waals surface area (Å²) in [5.41, 5.74) is 0. The Morgan fingerprint density at radius 1 is 0.268 bits per heavy atom. The predicted molar refractivity (Wildman–Crippen MR) is 480 cm³/mol. The quantitative estimate of drug-likeness (QED) is 0.0187. The predicted octanol–water partition coefficient (Wildman–Crippen LogP) is 22.9. The van der Waals surface area contributed by atoms with Gasteiger partial charge in [-0.15, -0.1) is 0 Å². The van der Waals surface area contributed by atoms with Crippen molar-refractivity contribution in [2.24, 2.45) is 0 Å². The van der Waals surface area contributed by atoms with Crippen LogP contribution in [0.15, 0.2) is 0 Å². The van der Waals surface area contributed by atoms with Gasteiger partial charge in [-0.25, -0.2) is 0 Å². The topological polar surface area (TPSA) is 138 Å². The van der Waals surface area contributed by atoms with Crippen LogP contribution in [0.2, 0.25) is 0 Å². The Bertz CT molecular complexity index is 1690. The van der Waals surface area contributed by atoms with Gasteiger partial charge in [0, 0.05) is 128 Å². The minimum absolute atomic E-state index is 0.206. The smallest absolute Gasteiger partial charge is 0.331 e. The number of hydrogen-bond donors (Lipinski definition) is 0. The van der Waals surface area contributed by atoms with Crippen molar-refractivity contribution in [3.63, 3.8) is 0 Å². The molecule has 1 saturated carbocycles. The number of hydrogen-bond acceptors (Lipinski definition) is 30. The van der Waals surface area contributed by atoms with E-state index in [1.165, 1.54) is 6.42 Å². The van der Waals surface area contributed by atoms with E-state index < -0.39 is 90.0 Å². The van der Waals surface area contributed by atoms with Crippen LogP contribution < -0.4 is 0 Å². The molecule has 40 heteroatoms. The summed E-state index contributed by atoms with van der Waals surface area (Å²) in [4.78, 5) is 0. The average molecular weight is 1840 g/mol. The monoisotopic (exact) mass is 1830 g/mol. The van der Waals surface area contributed by atoms with Crippen molar-refractivity contribution in [1.82, 2.24) is 0 Å². The van der Waals surface area contributed by atoms with Gasteiger partial charge >= 0.3 is 39.8 Å². The first-order chi connectivity index (χ1) is 47.1. The molecule has 0 radical (unpaired) electrons. The van der Waals surface area contributed by atoms with Crippen LogP contribution in [0.1, 0.15) is 228 Å². The first kappa shape index (κ1) is 102. The van der Waals surface area contributed by atoms with Crippen molar-refractivity contribution in [3.05, 3.63) is 0 Å². The molecule has 0 aliphatic heterocycles. The summed E-state index contributed by atoms with van der Waals surface area (Å²) < 4.78 is 109. The molecule has 0 heterocycles. The summed E-state index contributed by atoms with van der Waals surface area (Å²) in [6.07, 6.45) is 14.2. The third kappa shape index (κ3) is 35.0. The first-order valence-corrected chi connectivity index (χ1v) is 74.6. The minimum Gasteiger partial charge on any atom is -0.331 e. The van der Waals surface area contributed by atoms with Crippen molar-refractivity contribution < 1.29 is 66.4 Å². The van der Waals surface area contributed by atoms with E-state index in [0.717, 1.165) is 112 Å². The zero-order valence-electron chi connectivity index (χ0n) is 62.4. The summed E-state index contributed by atoms with van der Waals surface area (Å²) in [5, 5.41) is -0.206. The molecule has 6 atom stereocenters. The van der Waals surface area contributed by atoms with Crippen molar-refractivity contribution in [2.45, 2.75) is 242 Å². The second kappa shape index (κ2) is 62.9. The fraction of sp³-hybridized carbons (Fsp3) is 1.00. The van der Waals surface area contributed by atoms with E-state index in [2.05, 4.69) is 192 Å². The SMILES string of the molecule is CCCSS[S+](SC1CCCCCCCCCC(S[S+](SSCCC)[Si](OCC)(OCC)OCC)(S[S+](SSCCC)[Si](OCC)(OCC)OCC)C1(S[S+](SSCCC)[Si](OCC)(OCC)OCC)S[S+](SSCCC)[Si](OCC)(OCC)OCC)[Si](OCC)(OCC)OCC. The summed E-state index contributed by atoms with van der Waals surface area (Å²) >= 11 is 0. The van der Waals surface area contributed by atoms with Crippen LogP contribution in [0.25, 0.3) is 0 Å². The Labute approximate surface area is 666 Å². The third-order valence-corrected chi connectivity index (χ3v) is 111. The summed E-state index contributed by atoms with van der Waals surface area (Å²) in [6.45, 7) is 49.5. The molecule has 0 saturated heterocycles. The second-order valence-corrected chi connectivity index (χ2v) is 90.1. The molecule has 0 aromatic carbocycles. The molecule has 6 unspecified atom stereocenters. The van der Waals surface area contributed by atoms with Gasteiger partial charge in [-0.2, -0.15) is 0 Å². The van der Waals surface area contributed by atoms with Crippen molar-refractivity contribution in [3.8, 4) is 0 Å². The summed E-state index contributed by atoms with van der Waals surface area (Å²) in [7, 11) is 6.98. The maximum Gasteiger partial charge on any atom is 0.808 e. The molecule has 0 amide bonds. The van der Waals surface area contributed by atoms with Gasteiger partial charge < -0.3 is 66.4 Å². The van der Waals surface area contributed by atoms with Gasteiger partial charge in [0.1, 0.15) is 54.0 Å². The lowest BCUT2D eigenvalue weighted by molar-refractivity contribution is 0.0958. The van der Waals surface area contributed by atoms with Crippen molar-refractivity contribution in [2.75, 3.05) is 128 Å². The Kier molecular flexibility index (Phi) is 66.4. The van der Waals surface area contributed by atoms with Crippen LogP contribution in [0.4, 0.5) is 0 Å². The molecule has 0 N–H and O–H groups in total. The van der Waals surface area contributed by atoms with E-state index in [4.69, 9.17) is 66.4 Å². The summed E-state index contributed by atoms with van der Waals surface area (Å²) in [5.74, 6) is 4.70. The molecule has 582 valence electrons. The second-order valence-electron chi connectivity index (χ2n) is 20.0. The number of rotatable bonds is 65. The lowest BCUT2D eigenvalue weighted by Crippen LogP contribution is -2.62. The highest BCUT2D eigenvalue weighted by molar-refractivity contribution is 9.35. The van der Waals surface area contributed by atoms with Crippen LogP contribution in [0.3, 0.4) is 0 Å². The lowest BCUT2D eigenvalue weighted by Gasteiger charge is -2.46. The van der Waals surface area contributed by atoms with Gasteiger partial charge in [0.15, 0.2) is 95.3 Å². The molecule has 1 fully saturated rings. The molecule has 0 spiro atoms. The van der Waals surface area contributed by atoms with E-state index in [9.17, 15) is 0 Å². The Morgan fingerprint density at radius 2 is 0.474 bits per heavy atom. The van der Waals surface area contributed by atoms with Gasteiger partial charge in [0.25, 0.3) is 0 Å². The molecule has 0 bridgehead atoms. The van der Waals surface area contributed by atoms with Gasteiger partial charge in [-0.3, -0.25) is 0 Å². The Hall–Kier alpha value is 7.48. The van der Waals surface area contributed by atoms with Crippen LogP contribution in [-0.4, -0.2) is 181 Å². The fourth-order valence-corrected chi connectivity index (χ4v) is 127. The van der Waals surface area contributed by atoms with Crippen LogP contribution in [0, 0.1) is 0 Å². The molecule has 1 aliphatic rings. The zero-order valence-corrected chi connectivity index (χ0v) is 83.7. The molecular weight excluding hydrogens is 1710 g/mol. The van der Waals surface area contributed by atoms with E-state index in [1.54, 1.807) is 0 Å². The lowest BCUT2D eigenvalue weighted by atomic mass is 9.99. The van der Waals surface area contributed by atoms with Crippen LogP contribution >= 0.6 is 157 Å². The molecule has 1 rings (SSSR count). The maximum atomic E-state index is 7.46. The summed E-state index contributed by atoms with van der Waals surface area (Å²) in [6, 6.07) is 0. The molecular formula is C57H129O15S20Si5+5. The highest BCUT2D eigenvalue weighted by Gasteiger charge is 2.85. The van der Waals surface area contributed by atoms with E-state index in [1.807, 2.05) is 103 Å². The van der Waals surface area contributed by atoms with Crippen molar-refractivity contribution >= 4 is 239 Å². The molecule has 15 nitrogen and oxygen atoms in total. The largest absolute Gasteiger partial charge is 0.808 e. The highest BCUT2D eigenvalue weighted by atomic mass is 33.8. The molecule has 0 aromatic heterocycles. The average Bonchev–Trinajstić information content (AvgIpc) is 0.716. The van der Waals surface area contributed by atoms with Crippen LogP contribution in [0.5, 0.6) is 0 Å². The highest BCUT2D eigenvalue weighted by Crippen LogP contribution is 2.76.